The summed E-state index contributed by atoms with van der Waals surface area (Å²) in [6, 6.07) is 14.8. The zero-order valence-electron chi connectivity index (χ0n) is 12.0. The Morgan fingerprint density at radius 1 is 1.05 bits per heavy atom. The van der Waals surface area contributed by atoms with E-state index in [9.17, 15) is 8.42 Å². The van der Waals surface area contributed by atoms with Crippen molar-refractivity contribution in [3.63, 3.8) is 0 Å². The maximum Gasteiger partial charge on any atom is 0.175 e. The van der Waals surface area contributed by atoms with Gasteiger partial charge in [0.25, 0.3) is 0 Å². The Hall–Kier alpha value is -1.85. The molecule has 0 amide bonds. The topological polar surface area (TPSA) is 72.2 Å². The van der Waals surface area contributed by atoms with Gasteiger partial charge in [0.15, 0.2) is 9.84 Å². The van der Waals surface area contributed by atoms with Gasteiger partial charge in [0.05, 0.1) is 4.90 Å². The minimum absolute atomic E-state index is 0.353. The minimum atomic E-state index is -3.12. The molecule has 3 N–H and O–H groups in total. The molecule has 0 unspecified atom stereocenters. The molecule has 2 aromatic carbocycles. The van der Waals surface area contributed by atoms with Gasteiger partial charge in [0.2, 0.25) is 0 Å². The second-order valence-electron chi connectivity index (χ2n) is 5.09. The van der Waals surface area contributed by atoms with E-state index in [2.05, 4.69) is 11.4 Å². The predicted molar refractivity (Wildman–Crippen MR) is 85.8 cm³/mol. The second-order valence-corrected chi connectivity index (χ2v) is 7.10. The fourth-order valence-electron chi connectivity index (χ4n) is 2.07. The lowest BCUT2D eigenvalue weighted by atomic mass is 10.1. The molecule has 21 heavy (non-hydrogen) atoms. The van der Waals surface area contributed by atoms with Gasteiger partial charge < -0.3 is 11.1 Å². The van der Waals surface area contributed by atoms with Crippen LogP contribution in [0.3, 0.4) is 0 Å². The Morgan fingerprint density at radius 2 is 1.76 bits per heavy atom. The average Bonchev–Trinajstić information content (AvgIpc) is 2.43. The Labute approximate surface area is 125 Å². The summed E-state index contributed by atoms with van der Waals surface area (Å²) in [5.74, 6) is 0. The van der Waals surface area contributed by atoms with E-state index in [0.717, 1.165) is 24.2 Å². The average molecular weight is 304 g/mol. The van der Waals surface area contributed by atoms with Crippen LogP contribution in [-0.2, 0) is 22.8 Å². The van der Waals surface area contributed by atoms with Gasteiger partial charge in [-0.2, -0.15) is 0 Å². The number of nitrogens with two attached hydrogens (primary N) is 1. The van der Waals surface area contributed by atoms with Crippen molar-refractivity contribution in [2.24, 2.45) is 0 Å². The number of hydrogen-bond donors (Lipinski definition) is 2. The Morgan fingerprint density at radius 3 is 2.38 bits per heavy atom. The molecule has 0 bridgehead atoms. The van der Waals surface area contributed by atoms with E-state index < -0.39 is 9.84 Å². The molecule has 0 saturated carbocycles. The van der Waals surface area contributed by atoms with E-state index in [1.54, 1.807) is 12.1 Å². The Kier molecular flexibility index (Phi) is 4.98. The third-order valence-electron chi connectivity index (χ3n) is 3.22. The lowest BCUT2D eigenvalue weighted by Crippen LogP contribution is -2.16. The molecule has 0 aromatic heterocycles. The standard InChI is InChI=1S/C16H20N2O2S/c1-21(19,20)16-7-5-14(6-8-16)12-18-10-9-13-3-2-4-15(17)11-13/h2-8,11,18H,9-10,12,17H2,1H3. The van der Waals surface area contributed by atoms with E-state index in [0.29, 0.717) is 11.4 Å². The van der Waals surface area contributed by atoms with Crippen molar-refractivity contribution >= 4 is 15.5 Å². The molecule has 0 heterocycles. The summed E-state index contributed by atoms with van der Waals surface area (Å²) in [6.07, 6.45) is 2.12. The van der Waals surface area contributed by atoms with Crippen LogP contribution < -0.4 is 11.1 Å². The first kappa shape index (κ1) is 15.5. The molecule has 4 nitrogen and oxygen atoms in total. The largest absolute Gasteiger partial charge is 0.399 e. The van der Waals surface area contributed by atoms with Gasteiger partial charge in [-0.1, -0.05) is 24.3 Å². The van der Waals surface area contributed by atoms with Crippen molar-refractivity contribution in [2.75, 3.05) is 18.5 Å². The fraction of sp³-hybridized carbons (Fsp3) is 0.250. The van der Waals surface area contributed by atoms with Gasteiger partial charge in [0, 0.05) is 18.5 Å². The molecule has 0 spiro atoms. The van der Waals surface area contributed by atoms with Crippen molar-refractivity contribution < 1.29 is 8.42 Å². The molecule has 0 fully saturated rings. The highest BCUT2D eigenvalue weighted by molar-refractivity contribution is 7.90. The molecule has 0 aliphatic heterocycles. The summed E-state index contributed by atoms with van der Waals surface area (Å²) in [4.78, 5) is 0.353. The van der Waals surface area contributed by atoms with Gasteiger partial charge >= 0.3 is 0 Å². The van der Waals surface area contributed by atoms with Crippen LogP contribution in [0.5, 0.6) is 0 Å². The van der Waals surface area contributed by atoms with Crippen molar-refractivity contribution in [2.45, 2.75) is 17.9 Å². The molecule has 0 saturated heterocycles. The number of anilines is 1. The third-order valence-corrected chi connectivity index (χ3v) is 4.35. The lowest BCUT2D eigenvalue weighted by molar-refractivity contribution is 0.601. The molecule has 112 valence electrons. The van der Waals surface area contributed by atoms with Crippen LogP contribution in [0.25, 0.3) is 0 Å². The molecule has 0 aliphatic rings. The van der Waals surface area contributed by atoms with Crippen LogP contribution in [0, 0.1) is 0 Å². The molecule has 0 aliphatic carbocycles. The molecule has 0 atom stereocenters. The molecule has 0 radical (unpaired) electrons. The highest BCUT2D eigenvalue weighted by atomic mass is 32.2. The zero-order chi connectivity index (χ0) is 15.3. The van der Waals surface area contributed by atoms with E-state index in [1.807, 2.05) is 30.3 Å². The first-order valence-corrected chi connectivity index (χ1v) is 8.68. The summed E-state index contributed by atoms with van der Waals surface area (Å²) in [6.45, 7) is 1.56. The highest BCUT2D eigenvalue weighted by Crippen LogP contribution is 2.10. The van der Waals surface area contributed by atoms with E-state index >= 15 is 0 Å². The maximum atomic E-state index is 11.4. The Balaban J connectivity index is 1.81. The van der Waals surface area contributed by atoms with Crippen LogP contribution in [0.15, 0.2) is 53.4 Å². The lowest BCUT2D eigenvalue weighted by Gasteiger charge is -2.06. The monoisotopic (exact) mass is 304 g/mol. The first-order chi connectivity index (χ1) is 9.95. The normalized spacial score (nSPS) is 11.5. The first-order valence-electron chi connectivity index (χ1n) is 6.79. The van der Waals surface area contributed by atoms with Crippen LogP contribution in [0.4, 0.5) is 5.69 Å². The number of rotatable bonds is 6. The summed E-state index contributed by atoms with van der Waals surface area (Å²) in [5, 5.41) is 3.34. The van der Waals surface area contributed by atoms with Crippen LogP contribution >= 0.6 is 0 Å². The van der Waals surface area contributed by atoms with E-state index in [4.69, 9.17) is 5.73 Å². The summed E-state index contributed by atoms with van der Waals surface area (Å²) < 4.78 is 22.7. The Bertz CT molecular complexity index is 694. The second kappa shape index (κ2) is 6.74. The van der Waals surface area contributed by atoms with Gasteiger partial charge in [-0.15, -0.1) is 0 Å². The highest BCUT2D eigenvalue weighted by Gasteiger charge is 2.05. The molecule has 2 aromatic rings. The molecule has 2 rings (SSSR count). The number of benzene rings is 2. The van der Waals surface area contributed by atoms with Gasteiger partial charge in [0.1, 0.15) is 0 Å². The summed E-state index contributed by atoms with van der Waals surface area (Å²) >= 11 is 0. The van der Waals surface area contributed by atoms with Gasteiger partial charge in [-0.3, -0.25) is 0 Å². The molecular weight excluding hydrogens is 284 g/mol. The maximum absolute atomic E-state index is 11.4. The fourth-order valence-corrected chi connectivity index (χ4v) is 2.70. The van der Waals surface area contributed by atoms with Gasteiger partial charge in [-0.05, 0) is 48.4 Å². The smallest absolute Gasteiger partial charge is 0.175 e. The van der Waals surface area contributed by atoms with E-state index in [-0.39, 0.29) is 0 Å². The summed E-state index contributed by atoms with van der Waals surface area (Å²) in [5.41, 5.74) is 8.78. The van der Waals surface area contributed by atoms with Crippen LogP contribution in [0.1, 0.15) is 11.1 Å². The quantitative estimate of drug-likeness (QED) is 0.632. The van der Waals surface area contributed by atoms with E-state index in [1.165, 1.54) is 11.8 Å². The minimum Gasteiger partial charge on any atom is -0.399 e. The third kappa shape index (κ3) is 4.88. The van der Waals surface area contributed by atoms with Gasteiger partial charge in [-0.25, -0.2) is 8.42 Å². The number of nitrogen functional groups attached to an aromatic ring is 1. The molecule has 5 heteroatoms. The van der Waals surface area contributed by atoms with Crippen molar-refractivity contribution in [3.05, 3.63) is 59.7 Å². The number of sulfone groups is 1. The van der Waals surface area contributed by atoms with Crippen molar-refractivity contribution in [1.82, 2.24) is 5.32 Å². The zero-order valence-corrected chi connectivity index (χ0v) is 12.9. The van der Waals surface area contributed by atoms with Crippen LogP contribution in [0.2, 0.25) is 0 Å². The van der Waals surface area contributed by atoms with Crippen molar-refractivity contribution in [1.29, 1.82) is 0 Å². The molecular formula is C16H20N2O2S. The SMILES string of the molecule is CS(=O)(=O)c1ccc(CNCCc2cccc(N)c2)cc1. The van der Waals surface area contributed by atoms with Crippen LogP contribution in [-0.4, -0.2) is 21.2 Å². The number of nitrogens with one attached hydrogen (secondary N) is 1. The summed E-state index contributed by atoms with van der Waals surface area (Å²) in [7, 11) is -3.12. The predicted octanol–water partition coefficient (Wildman–Crippen LogP) is 2.00. The number of hydrogen-bond acceptors (Lipinski definition) is 4. The van der Waals surface area contributed by atoms with Crippen molar-refractivity contribution in [3.8, 4) is 0 Å².